The van der Waals surface area contributed by atoms with Gasteiger partial charge in [0.25, 0.3) is 5.91 Å². The number of ether oxygens (including phenoxy) is 2. The van der Waals surface area contributed by atoms with Crippen LogP contribution in [0.3, 0.4) is 0 Å². The summed E-state index contributed by atoms with van der Waals surface area (Å²) in [5.74, 6) is -0.944. The number of nitrogens with one attached hydrogen (secondary N) is 1. The topological polar surface area (TPSA) is 84.9 Å². The van der Waals surface area contributed by atoms with Crippen molar-refractivity contribution in [2.24, 2.45) is 0 Å². The maximum Gasteiger partial charge on any atom is 0.334 e. The van der Waals surface area contributed by atoms with Gasteiger partial charge in [-0.15, -0.1) is 0 Å². The van der Waals surface area contributed by atoms with Gasteiger partial charge in [-0.1, -0.05) is 0 Å². The number of carbonyl (C=O) groups excluding carboxylic acids is 1. The third-order valence-electron chi connectivity index (χ3n) is 2.23. The Morgan fingerprint density at radius 1 is 1.37 bits per heavy atom. The number of methoxy groups -OCH3 is 1. The Kier molecular flexibility index (Phi) is 6.57. The average molecular weight is 379 g/mol. The second-order valence-electron chi connectivity index (χ2n) is 3.61. The van der Waals surface area contributed by atoms with Gasteiger partial charge in [-0.05, 0) is 46.9 Å². The number of amides is 1. The molecule has 0 saturated heterocycles. The third kappa shape index (κ3) is 5.88. The molecule has 1 unspecified atom stereocenters. The molecule has 0 saturated carbocycles. The fourth-order valence-electron chi connectivity index (χ4n) is 1.21. The van der Waals surface area contributed by atoms with E-state index < -0.39 is 18.0 Å². The van der Waals surface area contributed by atoms with E-state index in [4.69, 9.17) is 9.84 Å². The minimum atomic E-state index is -1.12. The molecule has 0 spiro atoms. The largest absolute Gasteiger partial charge is 0.484 e. The first-order valence-electron chi connectivity index (χ1n) is 5.43. The predicted octanol–water partition coefficient (Wildman–Crippen LogP) is 0.886. The number of hydrogen-bond acceptors (Lipinski definition) is 4. The maximum absolute atomic E-state index is 11.4. The Bertz CT molecular complexity index is 434. The van der Waals surface area contributed by atoms with E-state index in [2.05, 4.69) is 32.6 Å². The van der Waals surface area contributed by atoms with Crippen LogP contribution in [0.1, 0.15) is 0 Å². The molecule has 2 N–H and O–H groups in total. The average Bonchev–Trinajstić information content (AvgIpc) is 2.38. The number of aliphatic carboxylic acids is 1. The lowest BCUT2D eigenvalue weighted by Gasteiger charge is -2.12. The van der Waals surface area contributed by atoms with Crippen molar-refractivity contribution in [2.45, 2.75) is 6.10 Å². The van der Waals surface area contributed by atoms with Crippen LogP contribution in [0.2, 0.25) is 0 Å². The molecule has 0 aliphatic carbocycles. The molecular weight excluding hydrogens is 365 g/mol. The van der Waals surface area contributed by atoms with Gasteiger partial charge in [0, 0.05) is 10.7 Å². The molecule has 0 fully saturated rings. The van der Waals surface area contributed by atoms with Gasteiger partial charge < -0.3 is 19.9 Å². The maximum atomic E-state index is 11.4. The lowest BCUT2D eigenvalue weighted by atomic mass is 10.3. The highest BCUT2D eigenvalue weighted by atomic mass is 127. The van der Waals surface area contributed by atoms with Crippen LogP contribution in [-0.2, 0) is 14.3 Å². The third-order valence-corrected chi connectivity index (χ3v) is 2.95. The summed E-state index contributed by atoms with van der Waals surface area (Å²) in [6.45, 7) is -0.267. The fraction of sp³-hybridized carbons (Fsp3) is 0.333. The molecule has 6 nitrogen and oxygen atoms in total. The summed E-state index contributed by atoms with van der Waals surface area (Å²) in [4.78, 5) is 22.1. The number of hydrogen-bond donors (Lipinski definition) is 2. The number of carboxylic acids is 1. The molecule has 0 radical (unpaired) electrons. The van der Waals surface area contributed by atoms with Gasteiger partial charge in [-0.2, -0.15) is 0 Å². The molecule has 0 aromatic heterocycles. The van der Waals surface area contributed by atoms with Crippen LogP contribution in [0.25, 0.3) is 0 Å². The number of carbonyl (C=O) groups is 2. The summed E-state index contributed by atoms with van der Waals surface area (Å²) in [5, 5.41) is 11.1. The molecule has 0 bridgehead atoms. The van der Waals surface area contributed by atoms with Gasteiger partial charge >= 0.3 is 5.97 Å². The lowest BCUT2D eigenvalue weighted by Crippen LogP contribution is -2.39. The normalized spacial score (nSPS) is 11.7. The summed E-state index contributed by atoms with van der Waals surface area (Å²) in [7, 11) is 1.27. The second kappa shape index (κ2) is 7.95. The van der Waals surface area contributed by atoms with Crippen molar-refractivity contribution >= 4 is 34.5 Å². The molecule has 1 rings (SSSR count). The monoisotopic (exact) mass is 379 g/mol. The van der Waals surface area contributed by atoms with Crippen LogP contribution in [0.15, 0.2) is 24.3 Å². The van der Waals surface area contributed by atoms with E-state index in [1.807, 2.05) is 12.1 Å². The second-order valence-corrected chi connectivity index (χ2v) is 4.85. The van der Waals surface area contributed by atoms with E-state index >= 15 is 0 Å². The fourth-order valence-corrected chi connectivity index (χ4v) is 1.57. The molecule has 7 heteroatoms. The first-order valence-corrected chi connectivity index (χ1v) is 6.51. The smallest absolute Gasteiger partial charge is 0.334 e. The molecule has 1 aromatic rings. The first kappa shape index (κ1) is 15.7. The Hall–Kier alpha value is -1.35. The number of carboxylic acid groups (broad SMARTS) is 1. The van der Waals surface area contributed by atoms with Crippen molar-refractivity contribution in [3.63, 3.8) is 0 Å². The number of rotatable bonds is 7. The standard InChI is InChI=1S/C12H14INO5/c1-18-10(12(16)17)6-14-11(15)7-19-9-4-2-8(13)3-5-9/h2-5,10H,6-7H2,1H3,(H,14,15)(H,16,17). The van der Waals surface area contributed by atoms with E-state index in [-0.39, 0.29) is 13.2 Å². The number of halogens is 1. The molecule has 1 atom stereocenters. The summed E-state index contributed by atoms with van der Waals surface area (Å²) >= 11 is 2.16. The van der Waals surface area contributed by atoms with E-state index in [9.17, 15) is 9.59 Å². The minimum Gasteiger partial charge on any atom is -0.484 e. The zero-order chi connectivity index (χ0) is 14.3. The van der Waals surface area contributed by atoms with E-state index in [0.717, 1.165) is 3.57 Å². The summed E-state index contributed by atoms with van der Waals surface area (Å²) < 4.78 is 11.0. The van der Waals surface area contributed by atoms with E-state index in [0.29, 0.717) is 5.75 Å². The zero-order valence-corrected chi connectivity index (χ0v) is 12.4. The predicted molar refractivity (Wildman–Crippen MR) is 76.1 cm³/mol. The van der Waals surface area contributed by atoms with E-state index in [1.54, 1.807) is 12.1 Å². The highest BCUT2D eigenvalue weighted by molar-refractivity contribution is 14.1. The first-order chi connectivity index (χ1) is 9.02. The van der Waals surface area contributed by atoms with Crippen molar-refractivity contribution in [1.29, 1.82) is 0 Å². The highest BCUT2D eigenvalue weighted by Crippen LogP contribution is 2.13. The van der Waals surface area contributed by atoms with Gasteiger partial charge in [0.1, 0.15) is 5.75 Å². The van der Waals surface area contributed by atoms with Crippen molar-refractivity contribution < 1.29 is 24.2 Å². The molecule has 1 aromatic carbocycles. The molecule has 19 heavy (non-hydrogen) atoms. The van der Waals surface area contributed by atoms with Crippen LogP contribution < -0.4 is 10.1 Å². The molecule has 1 amide bonds. The summed E-state index contributed by atoms with van der Waals surface area (Å²) in [6, 6.07) is 7.23. The Balaban J connectivity index is 2.31. The van der Waals surface area contributed by atoms with Crippen LogP contribution in [0, 0.1) is 3.57 Å². The van der Waals surface area contributed by atoms with Crippen molar-refractivity contribution in [3.8, 4) is 5.75 Å². The van der Waals surface area contributed by atoms with E-state index in [1.165, 1.54) is 7.11 Å². The molecule has 0 heterocycles. The minimum absolute atomic E-state index is 0.0965. The molecular formula is C12H14INO5. The van der Waals surface area contributed by atoms with Gasteiger partial charge in [-0.25, -0.2) is 4.79 Å². The number of benzene rings is 1. The quantitative estimate of drug-likeness (QED) is 0.688. The van der Waals surface area contributed by atoms with Crippen LogP contribution >= 0.6 is 22.6 Å². The summed E-state index contributed by atoms with van der Waals surface area (Å²) in [6.07, 6.45) is -1.05. The van der Waals surface area contributed by atoms with Crippen molar-refractivity contribution in [1.82, 2.24) is 5.32 Å². The SMILES string of the molecule is COC(CNC(=O)COc1ccc(I)cc1)C(=O)O. The highest BCUT2D eigenvalue weighted by Gasteiger charge is 2.17. The van der Waals surface area contributed by atoms with Crippen LogP contribution in [-0.4, -0.2) is 43.3 Å². The van der Waals surface area contributed by atoms with Crippen LogP contribution in [0.4, 0.5) is 0 Å². The van der Waals surface area contributed by atoms with Crippen molar-refractivity contribution in [3.05, 3.63) is 27.8 Å². The Morgan fingerprint density at radius 3 is 2.53 bits per heavy atom. The Labute approximate surface area is 124 Å². The lowest BCUT2D eigenvalue weighted by molar-refractivity contribution is -0.148. The molecule has 0 aliphatic rings. The van der Waals surface area contributed by atoms with Gasteiger partial charge in [0.15, 0.2) is 12.7 Å². The van der Waals surface area contributed by atoms with Crippen LogP contribution in [0.5, 0.6) is 5.75 Å². The van der Waals surface area contributed by atoms with Gasteiger partial charge in [-0.3, -0.25) is 4.79 Å². The zero-order valence-electron chi connectivity index (χ0n) is 10.3. The van der Waals surface area contributed by atoms with Gasteiger partial charge in [0.2, 0.25) is 0 Å². The molecule has 104 valence electrons. The molecule has 0 aliphatic heterocycles. The van der Waals surface area contributed by atoms with Gasteiger partial charge in [0.05, 0.1) is 6.54 Å². The Morgan fingerprint density at radius 2 is 2.00 bits per heavy atom. The van der Waals surface area contributed by atoms with Crippen molar-refractivity contribution in [2.75, 3.05) is 20.3 Å². The summed E-state index contributed by atoms with van der Waals surface area (Å²) in [5.41, 5.74) is 0.